The Morgan fingerprint density at radius 1 is 1.27 bits per heavy atom. The van der Waals surface area contributed by atoms with E-state index in [4.69, 9.17) is 4.74 Å². The molecule has 2 aromatic rings. The van der Waals surface area contributed by atoms with Crippen LogP contribution in [0.1, 0.15) is 37.8 Å². The molecular weight excluding hydrogens is 332 g/mol. The van der Waals surface area contributed by atoms with Crippen LogP contribution in [0.4, 0.5) is 10.5 Å². The number of hydrogen-bond donors (Lipinski definition) is 1. The minimum Gasteiger partial charge on any atom is -0.439 e. The third-order valence-electron chi connectivity index (χ3n) is 4.10. The van der Waals surface area contributed by atoms with E-state index in [2.05, 4.69) is 16.4 Å². The normalized spacial score (nSPS) is 16.6. The highest BCUT2D eigenvalue weighted by Crippen LogP contribution is 2.28. The van der Waals surface area contributed by atoms with Crippen LogP contribution in [0.5, 0.6) is 11.6 Å². The lowest BCUT2D eigenvalue weighted by Gasteiger charge is -2.13. The van der Waals surface area contributed by atoms with Gasteiger partial charge in [-0.25, -0.2) is 14.7 Å². The largest absolute Gasteiger partial charge is 0.439 e. The molecule has 7 nitrogen and oxygen atoms in total. The summed E-state index contributed by atoms with van der Waals surface area (Å²) in [5.41, 5.74) is 1.89. The number of nitriles is 1. The van der Waals surface area contributed by atoms with Gasteiger partial charge in [0.1, 0.15) is 11.8 Å². The first-order chi connectivity index (χ1) is 12.4. The van der Waals surface area contributed by atoms with Gasteiger partial charge in [0.15, 0.2) is 0 Å². The average Bonchev–Trinajstić information content (AvgIpc) is 2.88. The third-order valence-corrected chi connectivity index (χ3v) is 4.10. The zero-order valence-corrected chi connectivity index (χ0v) is 14.7. The molecule has 2 heterocycles. The van der Waals surface area contributed by atoms with E-state index in [0.717, 1.165) is 10.5 Å². The van der Waals surface area contributed by atoms with Gasteiger partial charge in [0.2, 0.25) is 5.88 Å². The van der Waals surface area contributed by atoms with Crippen LogP contribution in [-0.4, -0.2) is 23.0 Å². The molecule has 0 radical (unpaired) electrons. The smallest absolute Gasteiger partial charge is 0.329 e. The van der Waals surface area contributed by atoms with Crippen molar-refractivity contribution in [2.75, 3.05) is 4.90 Å². The molecular formula is C19H18N4O3. The van der Waals surface area contributed by atoms with Crippen molar-refractivity contribution in [2.24, 2.45) is 0 Å². The number of amides is 3. The standard InChI is InChI=1S/C19H18N4O3/c1-11(2)16-8-15(6-4-13(16)9-20)26-17-7-5-14(10-21-17)23-18(24)12(3)22-19(23)25/h4-8,10-12H,1-3H3,(H,22,25). The van der Waals surface area contributed by atoms with Gasteiger partial charge < -0.3 is 10.1 Å². The van der Waals surface area contributed by atoms with Gasteiger partial charge in [-0.1, -0.05) is 13.8 Å². The van der Waals surface area contributed by atoms with Gasteiger partial charge in [-0.2, -0.15) is 5.26 Å². The molecule has 1 aliphatic rings. The molecule has 1 fully saturated rings. The minimum absolute atomic E-state index is 0.185. The van der Waals surface area contributed by atoms with Crippen LogP contribution in [0.2, 0.25) is 0 Å². The van der Waals surface area contributed by atoms with Crippen LogP contribution in [0.25, 0.3) is 0 Å². The van der Waals surface area contributed by atoms with Crippen molar-refractivity contribution in [3.63, 3.8) is 0 Å². The highest BCUT2D eigenvalue weighted by molar-refractivity contribution is 6.21. The molecule has 3 amide bonds. The minimum atomic E-state index is -0.550. The zero-order chi connectivity index (χ0) is 18.8. The monoisotopic (exact) mass is 350 g/mol. The first-order valence-electron chi connectivity index (χ1n) is 8.23. The summed E-state index contributed by atoms with van der Waals surface area (Å²) in [4.78, 5) is 29.1. The molecule has 1 aromatic carbocycles. The number of anilines is 1. The Labute approximate surface area is 151 Å². The predicted molar refractivity (Wildman–Crippen MR) is 95.0 cm³/mol. The summed E-state index contributed by atoms with van der Waals surface area (Å²) < 4.78 is 5.74. The van der Waals surface area contributed by atoms with E-state index >= 15 is 0 Å². The Morgan fingerprint density at radius 2 is 2.04 bits per heavy atom. The van der Waals surface area contributed by atoms with Gasteiger partial charge in [0.25, 0.3) is 5.91 Å². The molecule has 1 saturated heterocycles. The van der Waals surface area contributed by atoms with Crippen molar-refractivity contribution >= 4 is 17.6 Å². The summed E-state index contributed by atoms with van der Waals surface area (Å²) in [6.45, 7) is 5.64. The van der Waals surface area contributed by atoms with E-state index in [1.165, 1.54) is 6.20 Å². The highest BCUT2D eigenvalue weighted by atomic mass is 16.5. The molecule has 0 saturated carbocycles. The summed E-state index contributed by atoms with van der Waals surface area (Å²) in [7, 11) is 0. The molecule has 1 N–H and O–H groups in total. The number of nitrogens with zero attached hydrogens (tertiary/aromatic N) is 3. The van der Waals surface area contributed by atoms with E-state index in [1.807, 2.05) is 19.9 Å². The number of carbonyl (C=O) groups excluding carboxylic acids is 2. The molecule has 0 bridgehead atoms. The Balaban J connectivity index is 1.80. The van der Waals surface area contributed by atoms with Gasteiger partial charge in [-0.15, -0.1) is 0 Å². The number of carbonyl (C=O) groups is 2. The van der Waals surface area contributed by atoms with E-state index in [-0.39, 0.29) is 11.8 Å². The molecule has 0 aliphatic carbocycles. The van der Waals surface area contributed by atoms with Crippen molar-refractivity contribution in [2.45, 2.75) is 32.7 Å². The van der Waals surface area contributed by atoms with Crippen molar-refractivity contribution in [3.8, 4) is 17.7 Å². The Bertz CT molecular complexity index is 900. The summed E-state index contributed by atoms with van der Waals surface area (Å²) in [5.74, 6) is 0.759. The average molecular weight is 350 g/mol. The van der Waals surface area contributed by atoms with Gasteiger partial charge >= 0.3 is 6.03 Å². The lowest BCUT2D eigenvalue weighted by molar-refractivity contribution is -0.117. The van der Waals surface area contributed by atoms with Gasteiger partial charge in [0.05, 0.1) is 23.5 Å². The Hall–Kier alpha value is -3.40. The van der Waals surface area contributed by atoms with Crippen LogP contribution in [0.15, 0.2) is 36.5 Å². The number of pyridine rings is 1. The molecule has 1 unspecified atom stereocenters. The first kappa shape index (κ1) is 17.4. The quantitative estimate of drug-likeness (QED) is 0.854. The first-order valence-corrected chi connectivity index (χ1v) is 8.23. The molecule has 3 rings (SSSR count). The summed E-state index contributed by atoms with van der Waals surface area (Å²) in [6, 6.07) is 9.59. The molecule has 7 heteroatoms. The number of rotatable bonds is 4. The number of nitrogens with one attached hydrogen (secondary N) is 1. The maximum absolute atomic E-state index is 12.0. The number of ether oxygens (including phenoxy) is 1. The summed E-state index contributed by atoms with van der Waals surface area (Å²) >= 11 is 0. The van der Waals surface area contributed by atoms with Crippen molar-refractivity contribution in [1.82, 2.24) is 10.3 Å². The second-order valence-electron chi connectivity index (χ2n) is 6.32. The third kappa shape index (κ3) is 3.22. The molecule has 0 spiro atoms. The van der Waals surface area contributed by atoms with Crippen LogP contribution in [0.3, 0.4) is 0 Å². The lowest BCUT2D eigenvalue weighted by atomic mass is 9.98. The molecule has 1 aromatic heterocycles. The van der Waals surface area contributed by atoms with Crippen molar-refractivity contribution < 1.29 is 14.3 Å². The van der Waals surface area contributed by atoms with Crippen molar-refractivity contribution in [3.05, 3.63) is 47.7 Å². The number of benzene rings is 1. The molecule has 26 heavy (non-hydrogen) atoms. The number of aromatic nitrogens is 1. The zero-order valence-electron chi connectivity index (χ0n) is 14.7. The molecule has 132 valence electrons. The van der Waals surface area contributed by atoms with Crippen LogP contribution >= 0.6 is 0 Å². The SMILES string of the molecule is CC1NC(=O)N(c2ccc(Oc3ccc(C#N)c(C(C)C)c3)nc2)C1=O. The fourth-order valence-corrected chi connectivity index (χ4v) is 2.72. The maximum Gasteiger partial charge on any atom is 0.329 e. The topological polar surface area (TPSA) is 95.3 Å². The Morgan fingerprint density at radius 3 is 2.58 bits per heavy atom. The van der Waals surface area contributed by atoms with E-state index in [9.17, 15) is 14.9 Å². The van der Waals surface area contributed by atoms with Crippen molar-refractivity contribution in [1.29, 1.82) is 5.26 Å². The molecule has 1 atom stereocenters. The van der Waals surface area contributed by atoms with Gasteiger partial charge in [0, 0.05) is 6.07 Å². The van der Waals surface area contributed by atoms with E-state index < -0.39 is 12.1 Å². The van der Waals surface area contributed by atoms with Gasteiger partial charge in [-0.05, 0) is 42.7 Å². The van der Waals surface area contributed by atoms with E-state index in [0.29, 0.717) is 22.9 Å². The highest BCUT2D eigenvalue weighted by Gasteiger charge is 2.36. The number of imide groups is 1. The predicted octanol–water partition coefficient (Wildman–Crippen LogP) is 3.31. The summed E-state index contributed by atoms with van der Waals surface area (Å²) in [6.07, 6.45) is 1.41. The lowest BCUT2D eigenvalue weighted by Crippen LogP contribution is -2.30. The number of urea groups is 1. The van der Waals surface area contributed by atoms with Crippen LogP contribution in [-0.2, 0) is 4.79 Å². The fourth-order valence-electron chi connectivity index (χ4n) is 2.72. The van der Waals surface area contributed by atoms with Crippen LogP contribution < -0.4 is 15.0 Å². The van der Waals surface area contributed by atoms with Crippen LogP contribution in [0, 0.1) is 11.3 Å². The van der Waals surface area contributed by atoms with E-state index in [1.54, 1.807) is 31.2 Å². The second-order valence-corrected chi connectivity index (χ2v) is 6.32. The fraction of sp³-hybridized carbons (Fsp3) is 0.263. The Kier molecular flexibility index (Phi) is 4.59. The van der Waals surface area contributed by atoms with Gasteiger partial charge in [-0.3, -0.25) is 4.79 Å². The number of hydrogen-bond acceptors (Lipinski definition) is 5. The molecule has 1 aliphatic heterocycles. The maximum atomic E-state index is 12.0. The summed E-state index contributed by atoms with van der Waals surface area (Å²) in [5, 5.41) is 11.7. The second kappa shape index (κ2) is 6.84.